The molecule has 0 aromatic heterocycles. The lowest BCUT2D eigenvalue weighted by Crippen LogP contribution is -2.59. The van der Waals surface area contributed by atoms with E-state index < -0.39 is 36.2 Å². The lowest BCUT2D eigenvalue weighted by Gasteiger charge is -2.36. The Hall–Kier alpha value is -1.47. The second kappa shape index (κ2) is 6.53. The second-order valence-corrected chi connectivity index (χ2v) is 5.35. The molecule has 1 heterocycles. The Bertz CT molecular complexity index is 395. The van der Waals surface area contributed by atoms with Crippen LogP contribution in [-0.2, 0) is 4.79 Å². The lowest BCUT2D eigenvalue weighted by molar-refractivity contribution is -0.184. The van der Waals surface area contributed by atoms with Crippen molar-refractivity contribution in [3.8, 4) is 0 Å². The van der Waals surface area contributed by atoms with E-state index in [1.54, 1.807) is 13.8 Å². The number of aliphatic carboxylic acids is 1. The molecule has 0 bridgehead atoms. The number of nitrogens with zero attached hydrogens (tertiary/aromatic N) is 1. The van der Waals surface area contributed by atoms with Gasteiger partial charge in [-0.1, -0.05) is 13.8 Å². The van der Waals surface area contributed by atoms with Gasteiger partial charge in [0.25, 0.3) is 0 Å². The Labute approximate surface area is 121 Å². The van der Waals surface area contributed by atoms with E-state index in [-0.39, 0.29) is 32.2 Å². The summed E-state index contributed by atoms with van der Waals surface area (Å²) < 4.78 is 38.2. The number of rotatable bonds is 4. The van der Waals surface area contributed by atoms with Crippen molar-refractivity contribution in [2.24, 2.45) is 5.92 Å². The highest BCUT2D eigenvalue weighted by molar-refractivity contribution is 5.86. The first-order chi connectivity index (χ1) is 9.66. The molecule has 0 spiro atoms. The molecule has 1 saturated heterocycles. The zero-order valence-electron chi connectivity index (χ0n) is 12.2. The first-order valence-corrected chi connectivity index (χ1v) is 7.03. The summed E-state index contributed by atoms with van der Waals surface area (Å²) in [4.78, 5) is 24.5. The molecule has 1 aliphatic rings. The predicted octanol–water partition coefficient (Wildman–Crippen LogP) is 2.61. The molecular formula is C13H21F3N2O3. The van der Waals surface area contributed by atoms with E-state index in [9.17, 15) is 27.9 Å². The fourth-order valence-electron chi connectivity index (χ4n) is 2.50. The molecule has 1 unspecified atom stereocenters. The maximum Gasteiger partial charge on any atom is 0.393 e. The van der Waals surface area contributed by atoms with Crippen LogP contribution in [0.1, 0.15) is 39.5 Å². The number of carbonyl (C=O) groups is 2. The van der Waals surface area contributed by atoms with E-state index in [1.165, 1.54) is 0 Å². The van der Waals surface area contributed by atoms with Crippen LogP contribution < -0.4 is 5.32 Å². The molecule has 122 valence electrons. The van der Waals surface area contributed by atoms with Crippen molar-refractivity contribution in [3.05, 3.63) is 0 Å². The summed E-state index contributed by atoms with van der Waals surface area (Å²) in [6.45, 7) is 3.03. The van der Waals surface area contributed by atoms with E-state index in [4.69, 9.17) is 0 Å². The number of hydrogen-bond acceptors (Lipinski definition) is 2. The lowest BCUT2D eigenvalue weighted by atomic mass is 9.93. The summed E-state index contributed by atoms with van der Waals surface area (Å²) in [6.07, 6.45) is -3.74. The molecule has 1 rings (SSSR count). The van der Waals surface area contributed by atoms with Crippen molar-refractivity contribution in [2.45, 2.75) is 51.2 Å². The number of urea groups is 1. The molecular weight excluding hydrogens is 289 g/mol. The van der Waals surface area contributed by atoms with Crippen molar-refractivity contribution < 1.29 is 27.9 Å². The minimum absolute atomic E-state index is 0.00108. The van der Waals surface area contributed by atoms with Gasteiger partial charge in [-0.25, -0.2) is 9.59 Å². The third-order valence-electron chi connectivity index (χ3n) is 4.13. The van der Waals surface area contributed by atoms with Crippen LogP contribution in [0, 0.1) is 5.92 Å². The first kappa shape index (κ1) is 17.6. The molecule has 0 aromatic carbocycles. The SMILES string of the molecule is CCC(CC)(NC(=O)N1CCCC(C(F)(F)F)C1)C(=O)O. The van der Waals surface area contributed by atoms with E-state index in [0.29, 0.717) is 0 Å². The summed E-state index contributed by atoms with van der Waals surface area (Å²) >= 11 is 0. The van der Waals surface area contributed by atoms with Gasteiger partial charge in [0.15, 0.2) is 0 Å². The summed E-state index contributed by atoms with van der Waals surface area (Å²) in [7, 11) is 0. The third-order valence-corrected chi connectivity index (χ3v) is 4.13. The van der Waals surface area contributed by atoms with E-state index >= 15 is 0 Å². The van der Waals surface area contributed by atoms with Crippen LogP contribution in [0.2, 0.25) is 0 Å². The molecule has 8 heteroatoms. The fourth-order valence-corrected chi connectivity index (χ4v) is 2.50. The summed E-state index contributed by atoms with van der Waals surface area (Å²) in [5.74, 6) is -2.72. The number of carbonyl (C=O) groups excluding carboxylic acids is 1. The highest BCUT2D eigenvalue weighted by Crippen LogP contribution is 2.33. The number of hydrogen-bond donors (Lipinski definition) is 2. The summed E-state index contributed by atoms with van der Waals surface area (Å²) in [5, 5.41) is 11.6. The van der Waals surface area contributed by atoms with Gasteiger partial charge in [0.1, 0.15) is 5.54 Å². The van der Waals surface area contributed by atoms with Crippen molar-refractivity contribution in [1.29, 1.82) is 0 Å². The van der Waals surface area contributed by atoms with E-state index in [2.05, 4.69) is 5.32 Å². The Morgan fingerprint density at radius 2 is 1.86 bits per heavy atom. The van der Waals surface area contributed by atoms with E-state index in [0.717, 1.165) is 4.90 Å². The van der Waals surface area contributed by atoms with Crippen molar-refractivity contribution in [2.75, 3.05) is 13.1 Å². The average molecular weight is 310 g/mol. The van der Waals surface area contributed by atoms with Gasteiger partial charge in [0.2, 0.25) is 0 Å². The molecule has 0 aromatic rings. The van der Waals surface area contributed by atoms with Gasteiger partial charge in [-0.2, -0.15) is 13.2 Å². The molecule has 1 atom stereocenters. The smallest absolute Gasteiger partial charge is 0.393 e. The van der Waals surface area contributed by atoms with Crippen LogP contribution in [0.25, 0.3) is 0 Å². The number of nitrogens with one attached hydrogen (secondary N) is 1. The second-order valence-electron chi connectivity index (χ2n) is 5.35. The first-order valence-electron chi connectivity index (χ1n) is 7.03. The number of carboxylic acids is 1. The Balaban J connectivity index is 2.77. The molecule has 21 heavy (non-hydrogen) atoms. The van der Waals surface area contributed by atoms with Gasteiger partial charge in [-0.05, 0) is 25.7 Å². The summed E-state index contributed by atoms with van der Waals surface area (Å²) in [5.41, 5.74) is -1.43. The van der Waals surface area contributed by atoms with Crippen LogP contribution in [0.3, 0.4) is 0 Å². The number of alkyl halides is 3. The molecule has 2 N–H and O–H groups in total. The quantitative estimate of drug-likeness (QED) is 0.838. The Kier molecular flexibility index (Phi) is 5.47. The number of likely N-dealkylation sites (tertiary alicyclic amines) is 1. The van der Waals surface area contributed by atoms with Gasteiger partial charge in [0.05, 0.1) is 5.92 Å². The highest BCUT2D eigenvalue weighted by atomic mass is 19.4. The molecule has 1 aliphatic heterocycles. The number of amides is 2. The van der Waals surface area contributed by atoms with E-state index in [1.807, 2.05) is 0 Å². The normalized spacial score (nSPS) is 20.2. The van der Waals surface area contributed by atoms with Crippen molar-refractivity contribution >= 4 is 12.0 Å². The van der Waals surface area contributed by atoms with Crippen LogP contribution in [-0.4, -0.2) is 46.8 Å². The van der Waals surface area contributed by atoms with Crippen LogP contribution in [0.4, 0.5) is 18.0 Å². The maximum absolute atomic E-state index is 12.7. The minimum Gasteiger partial charge on any atom is -0.480 e. The molecule has 1 fully saturated rings. The molecule has 0 aliphatic carbocycles. The molecule has 0 radical (unpaired) electrons. The average Bonchev–Trinajstić information content (AvgIpc) is 2.43. The molecule has 0 saturated carbocycles. The molecule has 2 amide bonds. The van der Waals surface area contributed by atoms with Gasteiger partial charge in [0, 0.05) is 13.1 Å². The maximum atomic E-state index is 12.7. The largest absolute Gasteiger partial charge is 0.480 e. The number of halogens is 3. The topological polar surface area (TPSA) is 69.6 Å². The highest BCUT2D eigenvalue weighted by Gasteiger charge is 2.44. The van der Waals surface area contributed by atoms with Gasteiger partial charge >= 0.3 is 18.2 Å². The van der Waals surface area contributed by atoms with Crippen molar-refractivity contribution in [3.63, 3.8) is 0 Å². The van der Waals surface area contributed by atoms with Crippen LogP contribution in [0.15, 0.2) is 0 Å². The zero-order valence-corrected chi connectivity index (χ0v) is 12.2. The van der Waals surface area contributed by atoms with Gasteiger partial charge in [-0.15, -0.1) is 0 Å². The zero-order chi connectivity index (χ0) is 16.3. The summed E-state index contributed by atoms with van der Waals surface area (Å²) in [6, 6.07) is -0.741. The monoisotopic (exact) mass is 310 g/mol. The standard InChI is InChI=1S/C13H21F3N2O3/c1-3-12(4-2,10(19)20)17-11(21)18-7-5-6-9(8-18)13(14,15)16/h9H,3-8H2,1-2H3,(H,17,21)(H,19,20). The Morgan fingerprint density at radius 3 is 2.29 bits per heavy atom. The van der Waals surface area contributed by atoms with Gasteiger partial charge < -0.3 is 15.3 Å². The number of piperidine rings is 1. The van der Waals surface area contributed by atoms with Crippen LogP contribution in [0.5, 0.6) is 0 Å². The third kappa shape index (κ3) is 4.01. The molecule has 5 nitrogen and oxygen atoms in total. The van der Waals surface area contributed by atoms with Crippen LogP contribution >= 0.6 is 0 Å². The van der Waals surface area contributed by atoms with Crippen molar-refractivity contribution in [1.82, 2.24) is 10.2 Å². The Morgan fingerprint density at radius 1 is 1.29 bits per heavy atom. The van der Waals surface area contributed by atoms with Gasteiger partial charge in [-0.3, -0.25) is 0 Å². The minimum atomic E-state index is -4.33. The fraction of sp³-hybridized carbons (Fsp3) is 0.846. The predicted molar refractivity (Wildman–Crippen MR) is 69.8 cm³/mol. The number of carboxylic acid groups (broad SMARTS) is 1.